The van der Waals surface area contributed by atoms with E-state index in [0.29, 0.717) is 0 Å². The molecular weight excluding hydrogens is 264 g/mol. The summed E-state index contributed by atoms with van der Waals surface area (Å²) in [4.78, 5) is 11.9. The zero-order valence-electron chi connectivity index (χ0n) is 12.2. The van der Waals surface area contributed by atoms with Gasteiger partial charge in [-0.2, -0.15) is 0 Å². The van der Waals surface area contributed by atoms with Gasteiger partial charge in [0.1, 0.15) is 0 Å². The van der Waals surface area contributed by atoms with Crippen molar-refractivity contribution in [1.82, 2.24) is 5.32 Å². The lowest BCUT2D eigenvalue weighted by Crippen LogP contribution is -2.49. The molecule has 3 N–H and O–H groups in total. The third-order valence-electron chi connectivity index (χ3n) is 4.08. The van der Waals surface area contributed by atoms with E-state index in [-0.39, 0.29) is 18.9 Å². The Balaban J connectivity index is 2.48. The Morgan fingerprint density at radius 1 is 1.26 bits per heavy atom. The van der Waals surface area contributed by atoms with Gasteiger partial charge < -0.3 is 11.1 Å². The molecule has 0 aliphatic heterocycles. The van der Waals surface area contributed by atoms with Crippen molar-refractivity contribution in [2.45, 2.75) is 62.7 Å². The number of nitrogens with two attached hydrogens (primary N) is 1. The minimum Gasteiger partial charge on any atom is -0.354 e. The highest BCUT2D eigenvalue weighted by Gasteiger charge is 2.33. The molecule has 0 saturated heterocycles. The molecule has 0 atom stereocenters. The standard InChI is InChI=1S/C13H26N2O3S/c1-12(2,19(3,17)18)10-15-11(16)9-13(14)7-5-4-6-8-13/h4-10,14H2,1-3H3,(H,15,16). The molecule has 1 aliphatic carbocycles. The van der Waals surface area contributed by atoms with Gasteiger partial charge in [0.15, 0.2) is 9.84 Å². The first-order valence-electron chi connectivity index (χ1n) is 6.81. The highest BCUT2D eigenvalue weighted by atomic mass is 32.2. The smallest absolute Gasteiger partial charge is 0.221 e. The summed E-state index contributed by atoms with van der Waals surface area (Å²) in [7, 11) is -3.19. The number of amides is 1. The lowest BCUT2D eigenvalue weighted by Gasteiger charge is -2.33. The van der Waals surface area contributed by atoms with Crippen LogP contribution in [0.3, 0.4) is 0 Å². The van der Waals surface area contributed by atoms with E-state index >= 15 is 0 Å². The highest BCUT2D eigenvalue weighted by Crippen LogP contribution is 2.28. The third-order valence-corrected chi connectivity index (χ3v) is 6.23. The second-order valence-corrected chi connectivity index (χ2v) is 9.06. The molecule has 0 spiro atoms. The number of hydrogen-bond acceptors (Lipinski definition) is 4. The lowest BCUT2D eigenvalue weighted by molar-refractivity contribution is -0.122. The summed E-state index contributed by atoms with van der Waals surface area (Å²) >= 11 is 0. The number of sulfone groups is 1. The Bertz CT molecular complexity index is 423. The van der Waals surface area contributed by atoms with Gasteiger partial charge in [0.25, 0.3) is 0 Å². The summed E-state index contributed by atoms with van der Waals surface area (Å²) in [5.74, 6) is -0.152. The van der Waals surface area contributed by atoms with Crippen LogP contribution in [0.2, 0.25) is 0 Å². The van der Waals surface area contributed by atoms with E-state index in [2.05, 4.69) is 5.32 Å². The maximum Gasteiger partial charge on any atom is 0.221 e. The molecule has 1 saturated carbocycles. The monoisotopic (exact) mass is 290 g/mol. The number of nitrogens with one attached hydrogen (secondary N) is 1. The Kier molecular flexibility index (Phi) is 5.01. The Morgan fingerprint density at radius 3 is 2.26 bits per heavy atom. The van der Waals surface area contributed by atoms with Crippen molar-refractivity contribution in [2.75, 3.05) is 12.8 Å². The summed E-state index contributed by atoms with van der Waals surface area (Å²) in [6.07, 6.45) is 6.53. The van der Waals surface area contributed by atoms with Crippen molar-refractivity contribution in [1.29, 1.82) is 0 Å². The van der Waals surface area contributed by atoms with Crippen LogP contribution in [0.1, 0.15) is 52.4 Å². The number of carbonyl (C=O) groups excluding carboxylic acids is 1. The van der Waals surface area contributed by atoms with Crippen molar-refractivity contribution in [3.05, 3.63) is 0 Å². The Labute approximate surface area is 116 Å². The minimum atomic E-state index is -3.19. The van der Waals surface area contributed by atoms with Gasteiger partial charge >= 0.3 is 0 Å². The first-order chi connectivity index (χ1) is 8.56. The van der Waals surface area contributed by atoms with Gasteiger partial charge in [0.2, 0.25) is 5.91 Å². The second kappa shape index (κ2) is 5.79. The van der Waals surface area contributed by atoms with Crippen LogP contribution >= 0.6 is 0 Å². The van der Waals surface area contributed by atoms with Crippen LogP contribution in [0.4, 0.5) is 0 Å². The molecule has 1 rings (SSSR count). The number of hydrogen-bond donors (Lipinski definition) is 2. The number of carbonyl (C=O) groups is 1. The van der Waals surface area contributed by atoms with E-state index in [1.165, 1.54) is 12.7 Å². The van der Waals surface area contributed by atoms with Gasteiger partial charge in [-0.15, -0.1) is 0 Å². The average Bonchev–Trinajstić information content (AvgIpc) is 2.25. The lowest BCUT2D eigenvalue weighted by atomic mass is 9.80. The summed E-state index contributed by atoms with van der Waals surface area (Å²) in [6.45, 7) is 3.35. The maximum atomic E-state index is 11.9. The van der Waals surface area contributed by atoms with Gasteiger partial charge in [-0.05, 0) is 26.7 Å². The highest BCUT2D eigenvalue weighted by molar-refractivity contribution is 7.92. The molecule has 112 valence electrons. The Hall–Kier alpha value is -0.620. The second-order valence-electron chi connectivity index (χ2n) is 6.41. The summed E-state index contributed by atoms with van der Waals surface area (Å²) in [5.41, 5.74) is 5.80. The van der Waals surface area contributed by atoms with Gasteiger partial charge in [-0.1, -0.05) is 19.3 Å². The van der Waals surface area contributed by atoms with Gasteiger partial charge in [0.05, 0.1) is 4.75 Å². The average molecular weight is 290 g/mol. The predicted molar refractivity (Wildman–Crippen MR) is 76.6 cm³/mol. The van der Waals surface area contributed by atoms with Crippen LogP contribution in [0, 0.1) is 0 Å². The van der Waals surface area contributed by atoms with Gasteiger partial charge in [-0.25, -0.2) is 8.42 Å². The zero-order valence-corrected chi connectivity index (χ0v) is 13.0. The van der Waals surface area contributed by atoms with Crippen LogP contribution in [0.15, 0.2) is 0 Å². The summed E-state index contributed by atoms with van der Waals surface area (Å²) in [6, 6.07) is 0. The Morgan fingerprint density at radius 2 is 1.79 bits per heavy atom. The normalized spacial score (nSPS) is 20.0. The molecule has 0 radical (unpaired) electrons. The van der Waals surface area contributed by atoms with Crippen LogP contribution in [-0.4, -0.2) is 37.4 Å². The van der Waals surface area contributed by atoms with Crippen molar-refractivity contribution in [3.8, 4) is 0 Å². The fourth-order valence-corrected chi connectivity index (χ4v) is 2.59. The topological polar surface area (TPSA) is 89.3 Å². The molecule has 0 aromatic rings. The minimum absolute atomic E-state index is 0.126. The summed E-state index contributed by atoms with van der Waals surface area (Å²) in [5, 5.41) is 2.70. The molecule has 1 amide bonds. The predicted octanol–water partition coefficient (Wildman–Crippen LogP) is 0.978. The molecule has 1 aliphatic rings. The molecule has 0 unspecified atom stereocenters. The first kappa shape index (κ1) is 16.4. The first-order valence-corrected chi connectivity index (χ1v) is 8.70. The van der Waals surface area contributed by atoms with E-state index in [9.17, 15) is 13.2 Å². The molecule has 0 bridgehead atoms. The molecule has 5 nitrogen and oxygen atoms in total. The van der Waals surface area contributed by atoms with Crippen LogP contribution in [-0.2, 0) is 14.6 Å². The quantitative estimate of drug-likeness (QED) is 0.790. The van der Waals surface area contributed by atoms with Crippen molar-refractivity contribution in [3.63, 3.8) is 0 Å². The van der Waals surface area contributed by atoms with Crippen LogP contribution in [0.25, 0.3) is 0 Å². The van der Waals surface area contributed by atoms with E-state index in [1.807, 2.05) is 0 Å². The van der Waals surface area contributed by atoms with Crippen molar-refractivity contribution in [2.24, 2.45) is 5.73 Å². The zero-order chi connectivity index (χ0) is 14.7. The molecule has 0 aromatic carbocycles. The maximum absolute atomic E-state index is 11.9. The summed E-state index contributed by atoms with van der Waals surface area (Å²) < 4.78 is 22.1. The van der Waals surface area contributed by atoms with Crippen molar-refractivity contribution < 1.29 is 13.2 Å². The SMILES string of the molecule is CC(C)(CNC(=O)CC1(N)CCCCC1)S(C)(=O)=O. The van der Waals surface area contributed by atoms with Crippen LogP contribution < -0.4 is 11.1 Å². The molecule has 0 heterocycles. The molecule has 0 aromatic heterocycles. The molecule has 1 fully saturated rings. The molecular formula is C13H26N2O3S. The van der Waals surface area contributed by atoms with E-state index in [0.717, 1.165) is 25.7 Å². The molecule has 6 heteroatoms. The number of rotatable bonds is 5. The fourth-order valence-electron chi connectivity index (χ4n) is 2.26. The van der Waals surface area contributed by atoms with E-state index < -0.39 is 20.1 Å². The van der Waals surface area contributed by atoms with Gasteiger partial charge in [0, 0.05) is 24.8 Å². The fraction of sp³-hybridized carbons (Fsp3) is 0.923. The van der Waals surface area contributed by atoms with Gasteiger partial charge in [-0.3, -0.25) is 4.79 Å². The van der Waals surface area contributed by atoms with Crippen molar-refractivity contribution >= 4 is 15.7 Å². The third kappa shape index (κ3) is 4.76. The van der Waals surface area contributed by atoms with Crippen LogP contribution in [0.5, 0.6) is 0 Å². The molecule has 19 heavy (non-hydrogen) atoms. The van der Waals surface area contributed by atoms with E-state index in [1.54, 1.807) is 13.8 Å². The largest absolute Gasteiger partial charge is 0.354 e. The van der Waals surface area contributed by atoms with E-state index in [4.69, 9.17) is 5.73 Å².